The van der Waals surface area contributed by atoms with E-state index in [2.05, 4.69) is 25.9 Å². The smallest absolute Gasteiger partial charge is 0.141 e. The molecule has 1 aromatic rings. The molecule has 0 radical (unpaired) electrons. The van der Waals surface area contributed by atoms with Gasteiger partial charge in [0, 0.05) is 18.0 Å². The highest BCUT2D eigenvalue weighted by atomic mass is 16.5. The van der Waals surface area contributed by atoms with Crippen molar-refractivity contribution in [3.8, 4) is 0 Å². The maximum atomic E-state index is 6.17. The SMILES string of the molecule is CC(C)c1noc2c1C(N)C(C)CC2. The van der Waals surface area contributed by atoms with E-state index in [9.17, 15) is 0 Å². The minimum atomic E-state index is 0.113. The van der Waals surface area contributed by atoms with Crippen LogP contribution in [0.2, 0.25) is 0 Å². The molecule has 2 unspecified atom stereocenters. The summed E-state index contributed by atoms with van der Waals surface area (Å²) in [6, 6.07) is 0.113. The molecular formula is C11H18N2O. The molecule has 0 saturated heterocycles. The van der Waals surface area contributed by atoms with Gasteiger partial charge in [0.2, 0.25) is 0 Å². The third-order valence-corrected chi connectivity index (χ3v) is 3.15. The van der Waals surface area contributed by atoms with E-state index >= 15 is 0 Å². The topological polar surface area (TPSA) is 52.0 Å². The van der Waals surface area contributed by atoms with E-state index in [0.717, 1.165) is 24.3 Å². The van der Waals surface area contributed by atoms with Gasteiger partial charge >= 0.3 is 0 Å². The summed E-state index contributed by atoms with van der Waals surface area (Å²) in [5.41, 5.74) is 8.41. The van der Waals surface area contributed by atoms with Gasteiger partial charge in [-0.2, -0.15) is 0 Å². The summed E-state index contributed by atoms with van der Waals surface area (Å²) in [4.78, 5) is 0. The fourth-order valence-electron chi connectivity index (χ4n) is 2.12. The van der Waals surface area contributed by atoms with Gasteiger partial charge in [-0.3, -0.25) is 0 Å². The Labute approximate surface area is 84.7 Å². The van der Waals surface area contributed by atoms with Crippen LogP contribution in [0.1, 0.15) is 56.2 Å². The fourth-order valence-corrected chi connectivity index (χ4v) is 2.12. The maximum Gasteiger partial charge on any atom is 0.141 e. The average molecular weight is 194 g/mol. The van der Waals surface area contributed by atoms with Crippen molar-refractivity contribution in [2.75, 3.05) is 0 Å². The van der Waals surface area contributed by atoms with Gasteiger partial charge < -0.3 is 10.3 Å². The molecule has 0 aromatic carbocycles. The van der Waals surface area contributed by atoms with E-state index in [0.29, 0.717) is 11.8 Å². The second kappa shape index (κ2) is 3.39. The predicted octanol–water partition coefficient (Wildman–Crippen LogP) is 2.38. The van der Waals surface area contributed by atoms with Crippen molar-refractivity contribution in [3.05, 3.63) is 17.0 Å². The summed E-state index contributed by atoms with van der Waals surface area (Å²) in [6.45, 7) is 6.46. The monoisotopic (exact) mass is 194 g/mol. The Balaban J connectivity index is 2.44. The van der Waals surface area contributed by atoms with Crippen LogP contribution in [0.15, 0.2) is 4.52 Å². The molecule has 78 valence electrons. The van der Waals surface area contributed by atoms with Crippen LogP contribution >= 0.6 is 0 Å². The van der Waals surface area contributed by atoms with Crippen molar-refractivity contribution in [1.82, 2.24) is 5.16 Å². The first kappa shape index (κ1) is 9.71. The molecule has 2 N–H and O–H groups in total. The van der Waals surface area contributed by atoms with Crippen LogP contribution in [0.4, 0.5) is 0 Å². The zero-order chi connectivity index (χ0) is 10.3. The molecule has 3 heteroatoms. The highest BCUT2D eigenvalue weighted by Gasteiger charge is 2.30. The van der Waals surface area contributed by atoms with E-state index in [4.69, 9.17) is 10.3 Å². The predicted molar refractivity (Wildman–Crippen MR) is 55.0 cm³/mol. The van der Waals surface area contributed by atoms with Crippen LogP contribution in [-0.4, -0.2) is 5.16 Å². The van der Waals surface area contributed by atoms with Gasteiger partial charge in [-0.05, 0) is 18.3 Å². The Morgan fingerprint density at radius 2 is 2.21 bits per heavy atom. The zero-order valence-corrected chi connectivity index (χ0v) is 9.08. The molecule has 1 aliphatic carbocycles. The molecule has 1 aliphatic rings. The first-order valence-electron chi connectivity index (χ1n) is 5.35. The molecule has 2 atom stereocenters. The number of hydrogen-bond donors (Lipinski definition) is 1. The lowest BCUT2D eigenvalue weighted by Crippen LogP contribution is -2.25. The van der Waals surface area contributed by atoms with Gasteiger partial charge in [-0.1, -0.05) is 25.9 Å². The Kier molecular flexibility index (Phi) is 2.35. The van der Waals surface area contributed by atoms with E-state index in [1.807, 2.05) is 0 Å². The van der Waals surface area contributed by atoms with E-state index < -0.39 is 0 Å². The van der Waals surface area contributed by atoms with Crippen LogP contribution < -0.4 is 5.73 Å². The number of rotatable bonds is 1. The van der Waals surface area contributed by atoms with Crippen LogP contribution in [0, 0.1) is 5.92 Å². The molecule has 1 heterocycles. The lowest BCUT2D eigenvalue weighted by Gasteiger charge is -2.25. The van der Waals surface area contributed by atoms with Crippen molar-refractivity contribution in [3.63, 3.8) is 0 Å². The third kappa shape index (κ3) is 1.36. The fraction of sp³-hybridized carbons (Fsp3) is 0.727. The number of nitrogens with zero attached hydrogens (tertiary/aromatic N) is 1. The van der Waals surface area contributed by atoms with Gasteiger partial charge in [0.25, 0.3) is 0 Å². The minimum Gasteiger partial charge on any atom is -0.361 e. The van der Waals surface area contributed by atoms with Crippen LogP contribution in [0.25, 0.3) is 0 Å². The first-order valence-corrected chi connectivity index (χ1v) is 5.35. The van der Waals surface area contributed by atoms with E-state index in [-0.39, 0.29) is 6.04 Å². The summed E-state index contributed by atoms with van der Waals surface area (Å²) in [7, 11) is 0. The summed E-state index contributed by atoms with van der Waals surface area (Å²) >= 11 is 0. The Hall–Kier alpha value is -0.830. The summed E-state index contributed by atoms with van der Waals surface area (Å²) < 4.78 is 5.34. The molecule has 2 rings (SSSR count). The second-order valence-electron chi connectivity index (χ2n) is 4.60. The molecular weight excluding hydrogens is 176 g/mol. The summed E-state index contributed by atoms with van der Waals surface area (Å²) in [6.07, 6.45) is 2.10. The van der Waals surface area contributed by atoms with Crippen molar-refractivity contribution in [1.29, 1.82) is 0 Å². The molecule has 3 nitrogen and oxygen atoms in total. The van der Waals surface area contributed by atoms with Crippen LogP contribution in [0.3, 0.4) is 0 Å². The standard InChI is InChI=1S/C11H18N2O/c1-6(2)11-9-8(14-13-11)5-4-7(3)10(9)12/h6-7,10H,4-5,12H2,1-3H3. The molecule has 0 fully saturated rings. The number of aryl methyl sites for hydroxylation is 1. The highest BCUT2D eigenvalue weighted by Crippen LogP contribution is 2.36. The Bertz CT molecular complexity index is 330. The molecule has 0 amide bonds. The number of hydrogen-bond acceptors (Lipinski definition) is 3. The summed E-state index contributed by atoms with van der Waals surface area (Å²) in [5, 5.41) is 4.13. The number of nitrogens with two attached hydrogens (primary N) is 1. The highest BCUT2D eigenvalue weighted by molar-refractivity contribution is 5.31. The molecule has 0 bridgehead atoms. The number of fused-ring (bicyclic) bond motifs is 1. The molecule has 14 heavy (non-hydrogen) atoms. The molecule has 0 saturated carbocycles. The van der Waals surface area contributed by atoms with Crippen molar-refractivity contribution < 1.29 is 4.52 Å². The molecule has 1 aromatic heterocycles. The Morgan fingerprint density at radius 1 is 1.50 bits per heavy atom. The normalized spacial score (nSPS) is 26.6. The second-order valence-corrected chi connectivity index (χ2v) is 4.60. The third-order valence-electron chi connectivity index (χ3n) is 3.15. The van der Waals surface area contributed by atoms with Gasteiger partial charge in [-0.15, -0.1) is 0 Å². The molecule has 0 aliphatic heterocycles. The van der Waals surface area contributed by atoms with Crippen molar-refractivity contribution in [2.45, 2.75) is 45.6 Å². The van der Waals surface area contributed by atoms with Crippen molar-refractivity contribution >= 4 is 0 Å². The Morgan fingerprint density at radius 3 is 2.86 bits per heavy atom. The van der Waals surface area contributed by atoms with E-state index in [1.165, 1.54) is 5.56 Å². The van der Waals surface area contributed by atoms with Crippen LogP contribution in [-0.2, 0) is 6.42 Å². The summed E-state index contributed by atoms with van der Waals surface area (Å²) in [5.74, 6) is 1.96. The van der Waals surface area contributed by atoms with E-state index in [1.54, 1.807) is 0 Å². The lowest BCUT2D eigenvalue weighted by molar-refractivity contribution is 0.332. The largest absolute Gasteiger partial charge is 0.361 e. The average Bonchev–Trinajstić information content (AvgIpc) is 2.55. The minimum absolute atomic E-state index is 0.113. The van der Waals surface area contributed by atoms with Gasteiger partial charge in [0.05, 0.1) is 5.69 Å². The lowest BCUT2D eigenvalue weighted by atomic mass is 9.82. The van der Waals surface area contributed by atoms with Gasteiger partial charge in [-0.25, -0.2) is 0 Å². The quantitative estimate of drug-likeness (QED) is 0.746. The van der Waals surface area contributed by atoms with Crippen molar-refractivity contribution in [2.24, 2.45) is 11.7 Å². The van der Waals surface area contributed by atoms with Crippen LogP contribution in [0.5, 0.6) is 0 Å². The zero-order valence-electron chi connectivity index (χ0n) is 9.08. The number of aromatic nitrogens is 1. The first-order chi connectivity index (χ1) is 6.61. The molecule has 0 spiro atoms. The van der Waals surface area contributed by atoms with Gasteiger partial charge in [0.1, 0.15) is 5.76 Å². The maximum absolute atomic E-state index is 6.17. The van der Waals surface area contributed by atoms with Gasteiger partial charge in [0.15, 0.2) is 0 Å².